The molecule has 0 unspecified atom stereocenters. The average molecular weight is 372 g/mol. The van der Waals surface area contributed by atoms with Crippen LogP contribution in [0.4, 0.5) is 11.4 Å². The summed E-state index contributed by atoms with van der Waals surface area (Å²) in [5.74, 6) is 0.477. The van der Waals surface area contributed by atoms with Crippen LogP contribution in [0.25, 0.3) is 0 Å². The van der Waals surface area contributed by atoms with Crippen molar-refractivity contribution in [3.8, 4) is 11.5 Å². The molecule has 1 saturated heterocycles. The maximum absolute atomic E-state index is 12.8. The van der Waals surface area contributed by atoms with E-state index < -0.39 is 6.04 Å². The van der Waals surface area contributed by atoms with Crippen molar-refractivity contribution < 1.29 is 19.1 Å². The second kappa shape index (κ2) is 7.70. The number of methoxy groups -OCH3 is 2. The van der Waals surface area contributed by atoms with Crippen LogP contribution < -0.4 is 19.7 Å². The van der Waals surface area contributed by atoms with Crippen LogP contribution in [0.5, 0.6) is 11.5 Å². The van der Waals surface area contributed by atoms with Gasteiger partial charge in [-0.1, -0.05) is 0 Å². The van der Waals surface area contributed by atoms with E-state index in [0.717, 1.165) is 10.6 Å². The molecule has 26 heavy (non-hydrogen) atoms. The molecule has 6 nitrogen and oxygen atoms in total. The second-order valence-corrected chi connectivity index (χ2v) is 6.62. The summed E-state index contributed by atoms with van der Waals surface area (Å²) in [5, 5.41) is 3.15. The number of carbonyl (C=O) groups is 2. The van der Waals surface area contributed by atoms with Crippen LogP contribution in [-0.4, -0.2) is 38.3 Å². The molecule has 2 amide bonds. The molecule has 0 bridgehead atoms. The Balaban J connectivity index is 1.80. The number of hydrogen-bond acceptors (Lipinski definition) is 6. The quantitative estimate of drug-likeness (QED) is 0.621. The van der Waals surface area contributed by atoms with Gasteiger partial charge in [0.2, 0.25) is 5.91 Å². The zero-order valence-electron chi connectivity index (χ0n) is 14.8. The first-order chi connectivity index (χ1) is 12.6. The van der Waals surface area contributed by atoms with Crippen molar-refractivity contribution in [1.82, 2.24) is 0 Å². The smallest absolute Gasteiger partial charge is 0.256 e. The second-order valence-electron chi connectivity index (χ2n) is 5.74. The Labute approximate surface area is 156 Å². The predicted molar refractivity (Wildman–Crippen MR) is 102 cm³/mol. The molecule has 2 aromatic rings. The lowest BCUT2D eigenvalue weighted by Crippen LogP contribution is -2.34. The molecule has 0 saturated carbocycles. The lowest BCUT2D eigenvalue weighted by atomic mass is 10.2. The summed E-state index contributed by atoms with van der Waals surface area (Å²) in [6, 6.07) is 12.1. The van der Waals surface area contributed by atoms with Gasteiger partial charge in [0.15, 0.2) is 11.5 Å². The van der Waals surface area contributed by atoms with Gasteiger partial charge < -0.3 is 14.8 Å². The Morgan fingerprint density at radius 1 is 1.04 bits per heavy atom. The number of hydrogen-bond donors (Lipinski definition) is 1. The van der Waals surface area contributed by atoms with Crippen molar-refractivity contribution in [1.29, 1.82) is 0 Å². The van der Waals surface area contributed by atoms with E-state index >= 15 is 0 Å². The summed E-state index contributed by atoms with van der Waals surface area (Å²) in [6.07, 6.45) is 2.11. The topological polar surface area (TPSA) is 67.9 Å². The first-order valence-corrected chi connectivity index (χ1v) is 9.29. The highest BCUT2D eigenvalue weighted by Gasteiger charge is 2.39. The van der Waals surface area contributed by atoms with Crippen LogP contribution in [0.15, 0.2) is 47.4 Å². The third-order valence-electron chi connectivity index (χ3n) is 4.20. The standard InChI is InChI=1S/C19H20N2O4S/c1-24-16-9-6-13(10-17(16)25-2)21-18(22)11-15(19(21)23)20-12-4-7-14(26-3)8-5-12/h4-10,15,20H,11H2,1-3H3/t15-/m1/s1. The molecule has 1 atom stereocenters. The lowest BCUT2D eigenvalue weighted by molar-refractivity contribution is -0.121. The zero-order valence-corrected chi connectivity index (χ0v) is 15.6. The first kappa shape index (κ1) is 18.1. The van der Waals surface area contributed by atoms with Gasteiger partial charge in [-0.15, -0.1) is 11.8 Å². The highest BCUT2D eigenvalue weighted by atomic mass is 32.2. The van der Waals surface area contributed by atoms with E-state index in [0.29, 0.717) is 17.2 Å². The van der Waals surface area contributed by atoms with Crippen LogP contribution in [-0.2, 0) is 9.59 Å². The molecule has 1 heterocycles. The summed E-state index contributed by atoms with van der Waals surface area (Å²) in [7, 11) is 3.05. The van der Waals surface area contributed by atoms with E-state index in [-0.39, 0.29) is 18.2 Å². The number of nitrogens with zero attached hydrogens (tertiary/aromatic N) is 1. The van der Waals surface area contributed by atoms with E-state index in [4.69, 9.17) is 9.47 Å². The van der Waals surface area contributed by atoms with Crippen molar-refractivity contribution in [2.75, 3.05) is 30.7 Å². The van der Waals surface area contributed by atoms with E-state index in [9.17, 15) is 9.59 Å². The van der Waals surface area contributed by atoms with E-state index in [1.54, 1.807) is 30.0 Å². The van der Waals surface area contributed by atoms with Crippen molar-refractivity contribution >= 4 is 35.0 Å². The maximum Gasteiger partial charge on any atom is 0.256 e. The van der Waals surface area contributed by atoms with Gasteiger partial charge in [0.05, 0.1) is 26.3 Å². The van der Waals surface area contributed by atoms with Crippen LogP contribution in [0.3, 0.4) is 0 Å². The van der Waals surface area contributed by atoms with Crippen LogP contribution in [0, 0.1) is 0 Å². The molecular weight excluding hydrogens is 352 g/mol. The maximum atomic E-state index is 12.8. The minimum Gasteiger partial charge on any atom is -0.493 e. The molecule has 1 aliphatic rings. The fourth-order valence-electron chi connectivity index (χ4n) is 2.87. The van der Waals surface area contributed by atoms with Crippen molar-refractivity contribution in [3.63, 3.8) is 0 Å². The Morgan fingerprint density at radius 2 is 1.73 bits per heavy atom. The van der Waals surface area contributed by atoms with Gasteiger partial charge in [-0.3, -0.25) is 9.59 Å². The van der Waals surface area contributed by atoms with Gasteiger partial charge in [-0.2, -0.15) is 0 Å². The summed E-state index contributed by atoms with van der Waals surface area (Å²) in [6.45, 7) is 0. The number of amides is 2. The van der Waals surface area contributed by atoms with E-state index in [1.165, 1.54) is 19.1 Å². The summed E-state index contributed by atoms with van der Waals surface area (Å²) in [5.41, 5.74) is 1.28. The molecule has 0 radical (unpaired) electrons. The van der Waals surface area contributed by atoms with Gasteiger partial charge in [0.1, 0.15) is 6.04 Å². The Kier molecular flexibility index (Phi) is 5.37. The summed E-state index contributed by atoms with van der Waals surface area (Å²) >= 11 is 1.65. The Bertz CT molecular complexity index is 823. The van der Waals surface area contributed by atoms with Crippen LogP contribution in [0.2, 0.25) is 0 Å². The minimum atomic E-state index is -0.587. The first-order valence-electron chi connectivity index (χ1n) is 8.06. The number of anilines is 2. The highest BCUT2D eigenvalue weighted by Crippen LogP contribution is 2.34. The molecule has 1 N–H and O–H groups in total. The number of rotatable bonds is 6. The van der Waals surface area contributed by atoms with Gasteiger partial charge in [-0.05, 0) is 42.7 Å². The van der Waals surface area contributed by atoms with Crippen molar-refractivity contribution in [3.05, 3.63) is 42.5 Å². The molecule has 136 valence electrons. The van der Waals surface area contributed by atoms with Gasteiger partial charge in [0.25, 0.3) is 5.91 Å². The molecule has 0 aliphatic carbocycles. The molecule has 0 spiro atoms. The zero-order chi connectivity index (χ0) is 18.7. The number of imide groups is 1. The number of thioether (sulfide) groups is 1. The lowest BCUT2D eigenvalue weighted by Gasteiger charge is -2.18. The monoisotopic (exact) mass is 372 g/mol. The Hall–Kier alpha value is -2.67. The number of benzene rings is 2. The van der Waals surface area contributed by atoms with Gasteiger partial charge in [0, 0.05) is 16.6 Å². The number of nitrogens with one attached hydrogen (secondary N) is 1. The highest BCUT2D eigenvalue weighted by molar-refractivity contribution is 7.98. The third-order valence-corrected chi connectivity index (χ3v) is 4.95. The molecule has 2 aromatic carbocycles. The molecule has 3 rings (SSSR count). The summed E-state index contributed by atoms with van der Waals surface area (Å²) < 4.78 is 10.5. The number of ether oxygens (including phenoxy) is 2. The number of carbonyl (C=O) groups excluding carboxylic acids is 2. The third kappa shape index (κ3) is 3.48. The normalized spacial score (nSPS) is 16.7. The largest absolute Gasteiger partial charge is 0.493 e. The molecule has 0 aromatic heterocycles. The van der Waals surface area contributed by atoms with Crippen molar-refractivity contribution in [2.45, 2.75) is 17.4 Å². The molecule has 1 aliphatic heterocycles. The fourth-order valence-corrected chi connectivity index (χ4v) is 3.28. The molecule has 7 heteroatoms. The van der Waals surface area contributed by atoms with E-state index in [1.807, 2.05) is 30.5 Å². The van der Waals surface area contributed by atoms with Crippen LogP contribution in [0.1, 0.15) is 6.42 Å². The van der Waals surface area contributed by atoms with Crippen molar-refractivity contribution in [2.24, 2.45) is 0 Å². The van der Waals surface area contributed by atoms with Gasteiger partial charge >= 0.3 is 0 Å². The van der Waals surface area contributed by atoms with Gasteiger partial charge in [-0.25, -0.2) is 4.90 Å². The van der Waals surface area contributed by atoms with Crippen LogP contribution >= 0.6 is 11.8 Å². The SMILES string of the molecule is COc1ccc(N2C(=O)C[C@@H](Nc3ccc(SC)cc3)C2=O)cc1OC. The summed E-state index contributed by atoms with van der Waals surface area (Å²) in [4.78, 5) is 27.5. The fraction of sp³-hybridized carbons (Fsp3) is 0.263. The molecular formula is C19H20N2O4S. The predicted octanol–water partition coefficient (Wildman–Crippen LogP) is 3.17. The Morgan fingerprint density at radius 3 is 2.35 bits per heavy atom. The molecule has 1 fully saturated rings. The average Bonchev–Trinajstić information content (AvgIpc) is 2.95. The van der Waals surface area contributed by atoms with E-state index in [2.05, 4.69) is 5.32 Å². The minimum absolute atomic E-state index is 0.109.